The highest BCUT2D eigenvalue weighted by Gasteiger charge is 2.25. The van der Waals surface area contributed by atoms with Crippen LogP contribution in [0.25, 0.3) is 0 Å². The molecule has 0 fully saturated rings. The number of nitrogens with one attached hydrogen (secondary N) is 1. The summed E-state index contributed by atoms with van der Waals surface area (Å²) in [5.41, 5.74) is 0.530. The van der Waals surface area contributed by atoms with Gasteiger partial charge in [-0.3, -0.25) is 0 Å². The summed E-state index contributed by atoms with van der Waals surface area (Å²) in [6.45, 7) is 13.6. The molecular formula is C12H27NS. The lowest BCUT2D eigenvalue weighted by molar-refractivity contribution is 0.253. The summed E-state index contributed by atoms with van der Waals surface area (Å²) in [6, 6.07) is 0. The molecule has 0 bridgehead atoms. The maximum Gasteiger partial charge on any atom is 0.0137 e. The van der Waals surface area contributed by atoms with Crippen LogP contribution in [0.1, 0.15) is 54.4 Å². The molecule has 0 aliphatic carbocycles. The topological polar surface area (TPSA) is 12.0 Å². The van der Waals surface area contributed by atoms with Gasteiger partial charge in [-0.05, 0) is 52.0 Å². The third-order valence-electron chi connectivity index (χ3n) is 2.64. The van der Waals surface area contributed by atoms with Crippen LogP contribution in [0.2, 0.25) is 0 Å². The molecule has 0 spiro atoms. The summed E-state index contributed by atoms with van der Waals surface area (Å²) < 4.78 is 0. The van der Waals surface area contributed by atoms with Crippen molar-refractivity contribution in [3.63, 3.8) is 0 Å². The molecule has 0 unspecified atom stereocenters. The molecule has 0 saturated heterocycles. The van der Waals surface area contributed by atoms with Gasteiger partial charge in [-0.15, -0.1) is 0 Å². The predicted molar refractivity (Wildman–Crippen MR) is 69.2 cm³/mol. The fraction of sp³-hybridized carbons (Fsp3) is 1.00. The van der Waals surface area contributed by atoms with E-state index in [0.29, 0.717) is 0 Å². The summed E-state index contributed by atoms with van der Waals surface area (Å²) in [5.74, 6) is 2.49. The van der Waals surface area contributed by atoms with E-state index in [1.807, 2.05) is 11.8 Å². The second kappa shape index (κ2) is 6.02. The predicted octanol–water partition coefficient (Wildman–Crippen LogP) is 3.69. The first kappa shape index (κ1) is 14.3. The second-order valence-electron chi connectivity index (χ2n) is 5.19. The molecular weight excluding hydrogens is 190 g/mol. The van der Waals surface area contributed by atoms with Crippen molar-refractivity contribution in [1.82, 2.24) is 5.32 Å². The van der Waals surface area contributed by atoms with Gasteiger partial charge in [0.1, 0.15) is 0 Å². The van der Waals surface area contributed by atoms with Gasteiger partial charge in [0, 0.05) is 11.1 Å². The number of rotatable bonds is 7. The summed E-state index contributed by atoms with van der Waals surface area (Å²) in [5, 5.41) is 3.73. The average molecular weight is 217 g/mol. The van der Waals surface area contributed by atoms with Crippen LogP contribution in [0.4, 0.5) is 0 Å². The van der Waals surface area contributed by atoms with E-state index in [1.165, 1.54) is 24.3 Å². The Balaban J connectivity index is 3.93. The van der Waals surface area contributed by atoms with E-state index in [9.17, 15) is 0 Å². The molecule has 0 saturated carbocycles. The van der Waals surface area contributed by atoms with Gasteiger partial charge in [-0.25, -0.2) is 0 Å². The molecule has 14 heavy (non-hydrogen) atoms. The smallest absolute Gasteiger partial charge is 0.0137 e. The van der Waals surface area contributed by atoms with Crippen molar-refractivity contribution in [3.8, 4) is 0 Å². The zero-order valence-electron chi connectivity index (χ0n) is 10.7. The zero-order chi connectivity index (χ0) is 11.2. The Morgan fingerprint density at radius 1 is 1.00 bits per heavy atom. The molecule has 0 rings (SSSR count). The highest BCUT2D eigenvalue weighted by molar-refractivity contribution is 7.99. The van der Waals surface area contributed by atoms with Crippen molar-refractivity contribution in [2.45, 2.75) is 65.5 Å². The van der Waals surface area contributed by atoms with E-state index in [1.54, 1.807) is 0 Å². The Hall–Kier alpha value is 0.310. The van der Waals surface area contributed by atoms with Crippen LogP contribution >= 0.6 is 11.8 Å². The van der Waals surface area contributed by atoms with Gasteiger partial charge in [0.05, 0.1) is 0 Å². The zero-order valence-corrected chi connectivity index (χ0v) is 11.6. The second-order valence-corrected chi connectivity index (χ2v) is 6.59. The molecule has 0 aromatic carbocycles. The lowest BCUT2D eigenvalue weighted by Gasteiger charge is -2.36. The Bertz CT molecular complexity index is 152. The number of hydrogen-bond donors (Lipinski definition) is 1. The average Bonchev–Trinajstić information content (AvgIpc) is 2.03. The van der Waals surface area contributed by atoms with E-state index >= 15 is 0 Å². The van der Waals surface area contributed by atoms with E-state index in [0.717, 1.165) is 0 Å². The van der Waals surface area contributed by atoms with Crippen LogP contribution in [-0.4, -0.2) is 22.6 Å². The standard InChI is InChI=1S/C12H27NS/c1-7-11(3,4)13-12(5,6)9-10-14-8-2/h13H,7-10H2,1-6H3. The maximum absolute atomic E-state index is 3.73. The van der Waals surface area contributed by atoms with Gasteiger partial charge >= 0.3 is 0 Å². The van der Waals surface area contributed by atoms with Gasteiger partial charge in [-0.1, -0.05) is 13.8 Å². The Kier molecular flexibility index (Phi) is 6.15. The highest BCUT2D eigenvalue weighted by atomic mass is 32.2. The van der Waals surface area contributed by atoms with E-state index < -0.39 is 0 Å². The van der Waals surface area contributed by atoms with Crippen molar-refractivity contribution >= 4 is 11.8 Å². The lowest BCUT2D eigenvalue weighted by atomic mass is 9.93. The third-order valence-corrected chi connectivity index (χ3v) is 3.54. The van der Waals surface area contributed by atoms with Crippen molar-refractivity contribution in [2.75, 3.05) is 11.5 Å². The molecule has 0 aliphatic rings. The summed E-state index contributed by atoms with van der Waals surface area (Å²) in [6.07, 6.45) is 2.42. The molecule has 0 amide bonds. The molecule has 0 aliphatic heterocycles. The summed E-state index contributed by atoms with van der Waals surface area (Å²) in [7, 11) is 0. The van der Waals surface area contributed by atoms with Crippen LogP contribution < -0.4 is 5.32 Å². The van der Waals surface area contributed by atoms with Crippen molar-refractivity contribution in [2.24, 2.45) is 0 Å². The molecule has 0 atom stereocenters. The van der Waals surface area contributed by atoms with Crippen LogP contribution in [0.15, 0.2) is 0 Å². The van der Waals surface area contributed by atoms with E-state index in [-0.39, 0.29) is 11.1 Å². The van der Waals surface area contributed by atoms with Crippen LogP contribution in [0.3, 0.4) is 0 Å². The summed E-state index contributed by atoms with van der Waals surface area (Å²) in [4.78, 5) is 0. The van der Waals surface area contributed by atoms with Gasteiger partial charge in [0.15, 0.2) is 0 Å². The fourth-order valence-corrected chi connectivity index (χ4v) is 2.48. The monoisotopic (exact) mass is 217 g/mol. The highest BCUT2D eigenvalue weighted by Crippen LogP contribution is 2.19. The normalized spacial score (nSPS) is 13.3. The van der Waals surface area contributed by atoms with Crippen LogP contribution in [0, 0.1) is 0 Å². The first-order valence-electron chi connectivity index (χ1n) is 5.70. The Morgan fingerprint density at radius 2 is 1.57 bits per heavy atom. The fourth-order valence-electron chi connectivity index (χ4n) is 1.54. The van der Waals surface area contributed by atoms with Crippen molar-refractivity contribution in [1.29, 1.82) is 0 Å². The minimum atomic E-state index is 0.264. The molecule has 0 heterocycles. The first-order valence-corrected chi connectivity index (χ1v) is 6.85. The minimum Gasteiger partial charge on any atom is -0.307 e. The molecule has 2 heteroatoms. The largest absolute Gasteiger partial charge is 0.307 e. The lowest BCUT2D eigenvalue weighted by Crippen LogP contribution is -2.51. The van der Waals surface area contributed by atoms with Gasteiger partial charge in [0.2, 0.25) is 0 Å². The maximum atomic E-state index is 3.73. The van der Waals surface area contributed by atoms with Crippen molar-refractivity contribution < 1.29 is 0 Å². The SMILES string of the molecule is CCSCCC(C)(C)NC(C)(C)CC. The molecule has 0 aromatic heterocycles. The third kappa shape index (κ3) is 6.72. The van der Waals surface area contributed by atoms with E-state index in [2.05, 4.69) is 46.9 Å². The summed E-state index contributed by atoms with van der Waals surface area (Å²) >= 11 is 2.03. The van der Waals surface area contributed by atoms with Gasteiger partial charge < -0.3 is 5.32 Å². The van der Waals surface area contributed by atoms with Gasteiger partial charge in [0.25, 0.3) is 0 Å². The Morgan fingerprint density at radius 3 is 2.00 bits per heavy atom. The number of thioether (sulfide) groups is 1. The van der Waals surface area contributed by atoms with E-state index in [4.69, 9.17) is 0 Å². The molecule has 1 N–H and O–H groups in total. The molecule has 86 valence electrons. The quantitative estimate of drug-likeness (QED) is 0.653. The van der Waals surface area contributed by atoms with Gasteiger partial charge in [-0.2, -0.15) is 11.8 Å². The van der Waals surface area contributed by atoms with Crippen molar-refractivity contribution in [3.05, 3.63) is 0 Å². The molecule has 0 radical (unpaired) electrons. The Labute approximate surface area is 94.4 Å². The molecule has 1 nitrogen and oxygen atoms in total. The van der Waals surface area contributed by atoms with Crippen LogP contribution in [-0.2, 0) is 0 Å². The minimum absolute atomic E-state index is 0.264. The van der Waals surface area contributed by atoms with Crippen LogP contribution in [0.5, 0.6) is 0 Å². The number of hydrogen-bond acceptors (Lipinski definition) is 2. The molecule has 0 aromatic rings. The first-order chi connectivity index (χ1) is 6.33.